The number of carbonyl (C=O) groups excluding carboxylic acids is 2. The molecule has 2 aromatic heterocycles. The molecule has 0 spiro atoms. The van der Waals surface area contributed by atoms with Gasteiger partial charge in [-0.1, -0.05) is 30.3 Å². The van der Waals surface area contributed by atoms with Crippen LogP contribution in [0.3, 0.4) is 0 Å². The third kappa shape index (κ3) is 4.37. The van der Waals surface area contributed by atoms with Crippen LogP contribution < -0.4 is 10.6 Å². The number of aromatic amines is 1. The second-order valence-electron chi connectivity index (χ2n) is 8.27. The van der Waals surface area contributed by atoms with Gasteiger partial charge in [-0.3, -0.25) is 14.7 Å². The van der Waals surface area contributed by atoms with Crippen LogP contribution in [-0.2, 0) is 0 Å². The number of para-hydroxylation sites is 1. The number of aryl methyl sites for hydroxylation is 2. The van der Waals surface area contributed by atoms with Crippen LogP contribution in [0, 0.1) is 13.8 Å². The van der Waals surface area contributed by atoms with Crippen LogP contribution in [0.15, 0.2) is 77.2 Å². The summed E-state index contributed by atoms with van der Waals surface area (Å²) in [6, 6.07) is 21.2. The summed E-state index contributed by atoms with van der Waals surface area (Å²) >= 11 is 0. The van der Waals surface area contributed by atoms with Gasteiger partial charge in [0.25, 0.3) is 11.8 Å². The highest BCUT2D eigenvalue weighted by Crippen LogP contribution is 2.33. The van der Waals surface area contributed by atoms with Crippen LogP contribution in [0.5, 0.6) is 5.75 Å². The lowest BCUT2D eigenvalue weighted by Crippen LogP contribution is -2.17. The van der Waals surface area contributed by atoms with E-state index in [1.54, 1.807) is 42.5 Å². The molecule has 35 heavy (non-hydrogen) atoms. The van der Waals surface area contributed by atoms with E-state index >= 15 is 0 Å². The molecule has 0 unspecified atom stereocenters. The zero-order valence-electron chi connectivity index (χ0n) is 19.0. The summed E-state index contributed by atoms with van der Waals surface area (Å²) in [6.45, 7) is 3.80. The number of furan rings is 1. The fraction of sp³-hybridized carbons (Fsp3) is 0.0741. The lowest BCUT2D eigenvalue weighted by atomic mass is 10.1. The highest BCUT2D eigenvalue weighted by atomic mass is 16.3. The number of rotatable bonds is 5. The van der Waals surface area contributed by atoms with E-state index in [1.807, 2.05) is 38.1 Å². The van der Waals surface area contributed by atoms with Gasteiger partial charge >= 0.3 is 0 Å². The molecule has 0 aliphatic rings. The topological polar surface area (TPSA) is 120 Å². The predicted molar refractivity (Wildman–Crippen MR) is 134 cm³/mol. The number of aromatic hydroxyl groups is 1. The zero-order chi connectivity index (χ0) is 24.5. The van der Waals surface area contributed by atoms with Crippen molar-refractivity contribution in [1.29, 1.82) is 0 Å². The summed E-state index contributed by atoms with van der Waals surface area (Å²) in [7, 11) is 0. The molecule has 2 amide bonds. The smallest absolute Gasteiger partial charge is 0.293 e. The van der Waals surface area contributed by atoms with Crippen LogP contribution in [0.2, 0.25) is 0 Å². The number of benzene rings is 3. The average Bonchev–Trinajstić information content (AvgIpc) is 3.45. The number of fused-ring (bicyclic) bond motifs is 1. The number of hydrogen-bond acceptors (Lipinski definition) is 5. The van der Waals surface area contributed by atoms with Crippen molar-refractivity contribution in [1.82, 2.24) is 10.2 Å². The largest absolute Gasteiger partial charge is 0.507 e. The Labute approximate surface area is 200 Å². The van der Waals surface area contributed by atoms with Gasteiger partial charge in [0.2, 0.25) is 5.76 Å². The first-order chi connectivity index (χ1) is 16.9. The fourth-order valence-corrected chi connectivity index (χ4v) is 3.86. The standard InChI is InChI=1S/C27H22N4O4/c1-15-6-5-7-17(12-15)28-27(34)25-24(19-8-3-4-9-23(19)35-25)29-26(33)21-14-20(30-31-21)18-11-10-16(2)13-22(18)32/h3-14,32H,1-2H3,(H,28,34)(H,29,33)(H,30,31). The summed E-state index contributed by atoms with van der Waals surface area (Å²) in [5, 5.41) is 23.3. The van der Waals surface area contributed by atoms with Crippen LogP contribution in [0.1, 0.15) is 32.2 Å². The van der Waals surface area contributed by atoms with Crippen LogP contribution >= 0.6 is 0 Å². The molecule has 0 aliphatic carbocycles. The highest BCUT2D eigenvalue weighted by molar-refractivity contribution is 6.16. The Kier molecular flexibility index (Phi) is 5.54. The van der Waals surface area contributed by atoms with Gasteiger partial charge < -0.3 is 20.2 Å². The molecule has 5 rings (SSSR count). The maximum absolute atomic E-state index is 13.1. The van der Waals surface area contributed by atoms with E-state index in [2.05, 4.69) is 20.8 Å². The summed E-state index contributed by atoms with van der Waals surface area (Å²) in [4.78, 5) is 26.2. The number of phenols is 1. The third-order valence-corrected chi connectivity index (χ3v) is 5.57. The van der Waals surface area contributed by atoms with Gasteiger partial charge in [-0.15, -0.1) is 0 Å². The second kappa shape index (κ2) is 8.83. The van der Waals surface area contributed by atoms with E-state index in [-0.39, 0.29) is 22.9 Å². The van der Waals surface area contributed by atoms with Gasteiger partial charge in [0.15, 0.2) is 0 Å². The minimum Gasteiger partial charge on any atom is -0.507 e. The van der Waals surface area contributed by atoms with Gasteiger partial charge in [-0.05, 0) is 67.4 Å². The van der Waals surface area contributed by atoms with E-state index in [0.717, 1.165) is 11.1 Å². The van der Waals surface area contributed by atoms with E-state index in [1.165, 1.54) is 6.07 Å². The molecule has 8 nitrogen and oxygen atoms in total. The van der Waals surface area contributed by atoms with Gasteiger partial charge in [0, 0.05) is 16.6 Å². The molecule has 0 saturated carbocycles. The van der Waals surface area contributed by atoms with Crippen molar-refractivity contribution in [3.05, 3.63) is 95.4 Å². The zero-order valence-corrected chi connectivity index (χ0v) is 19.0. The lowest BCUT2D eigenvalue weighted by molar-refractivity contribution is 0.0999. The first-order valence-corrected chi connectivity index (χ1v) is 11.0. The lowest BCUT2D eigenvalue weighted by Gasteiger charge is -2.07. The molecule has 0 fully saturated rings. The molecule has 2 heterocycles. The monoisotopic (exact) mass is 466 g/mol. The molecule has 3 aromatic carbocycles. The summed E-state index contributed by atoms with van der Waals surface area (Å²) in [5.74, 6) is -0.945. The number of aromatic nitrogens is 2. The summed E-state index contributed by atoms with van der Waals surface area (Å²) in [6.07, 6.45) is 0. The van der Waals surface area contributed by atoms with Gasteiger partial charge in [-0.25, -0.2) is 0 Å². The Morgan fingerprint density at radius 1 is 0.886 bits per heavy atom. The molecule has 0 radical (unpaired) electrons. The van der Waals surface area contributed by atoms with E-state index in [9.17, 15) is 14.7 Å². The van der Waals surface area contributed by atoms with Gasteiger partial charge in [0.05, 0.1) is 5.69 Å². The SMILES string of the molecule is Cc1cccc(NC(=O)c2oc3ccccc3c2NC(=O)c2cc(-c3ccc(C)cc3O)n[nH]2)c1. The summed E-state index contributed by atoms with van der Waals surface area (Å²) in [5.41, 5.74) is 4.31. The molecule has 174 valence electrons. The number of phenolic OH excluding ortho intramolecular Hbond substituents is 1. The quantitative estimate of drug-likeness (QED) is 0.267. The van der Waals surface area contributed by atoms with Crippen molar-refractivity contribution in [2.45, 2.75) is 13.8 Å². The minimum absolute atomic E-state index is 0.0167. The number of H-pyrrole nitrogens is 1. The van der Waals surface area contributed by atoms with Crippen LogP contribution in [0.25, 0.3) is 22.2 Å². The Balaban J connectivity index is 1.45. The Hall–Kier alpha value is -4.85. The molecule has 0 bridgehead atoms. The molecular weight excluding hydrogens is 444 g/mol. The predicted octanol–water partition coefficient (Wildman–Crippen LogP) is 5.65. The number of hydrogen-bond donors (Lipinski definition) is 4. The number of nitrogens with one attached hydrogen (secondary N) is 3. The Morgan fingerprint density at radius 2 is 1.69 bits per heavy atom. The van der Waals surface area contributed by atoms with E-state index in [4.69, 9.17) is 4.42 Å². The normalized spacial score (nSPS) is 10.9. The van der Waals surface area contributed by atoms with Crippen LogP contribution in [0.4, 0.5) is 11.4 Å². The highest BCUT2D eigenvalue weighted by Gasteiger charge is 2.24. The molecule has 5 aromatic rings. The van der Waals surface area contributed by atoms with Gasteiger partial charge in [0.1, 0.15) is 22.7 Å². The van der Waals surface area contributed by atoms with Crippen molar-refractivity contribution < 1.29 is 19.1 Å². The van der Waals surface area contributed by atoms with Crippen LogP contribution in [-0.4, -0.2) is 27.1 Å². The van der Waals surface area contributed by atoms with Crippen molar-refractivity contribution in [3.8, 4) is 17.0 Å². The maximum atomic E-state index is 13.1. The molecule has 8 heteroatoms. The molecule has 0 saturated heterocycles. The molecule has 0 atom stereocenters. The fourth-order valence-electron chi connectivity index (χ4n) is 3.86. The second-order valence-corrected chi connectivity index (χ2v) is 8.27. The van der Waals surface area contributed by atoms with Crippen molar-refractivity contribution in [3.63, 3.8) is 0 Å². The molecular formula is C27H22N4O4. The first-order valence-electron chi connectivity index (χ1n) is 11.0. The Bertz CT molecular complexity index is 1580. The van der Waals surface area contributed by atoms with E-state index in [0.29, 0.717) is 27.9 Å². The number of carbonyl (C=O) groups is 2. The van der Waals surface area contributed by atoms with Crippen molar-refractivity contribution >= 4 is 34.2 Å². The number of anilines is 2. The van der Waals surface area contributed by atoms with E-state index < -0.39 is 11.8 Å². The number of nitrogens with zero attached hydrogens (tertiary/aromatic N) is 1. The summed E-state index contributed by atoms with van der Waals surface area (Å²) < 4.78 is 5.82. The average molecular weight is 466 g/mol. The van der Waals surface area contributed by atoms with Gasteiger partial charge in [-0.2, -0.15) is 5.10 Å². The third-order valence-electron chi connectivity index (χ3n) is 5.57. The maximum Gasteiger partial charge on any atom is 0.293 e. The number of amides is 2. The Morgan fingerprint density at radius 3 is 2.49 bits per heavy atom. The van der Waals surface area contributed by atoms with Crippen molar-refractivity contribution in [2.75, 3.05) is 10.6 Å². The van der Waals surface area contributed by atoms with Crippen molar-refractivity contribution in [2.24, 2.45) is 0 Å². The minimum atomic E-state index is -0.508. The molecule has 4 N–H and O–H groups in total. The first kappa shape index (κ1) is 22.0. The molecule has 0 aliphatic heterocycles.